The number of hydrogen-bond donors (Lipinski definition) is 2. The van der Waals surface area contributed by atoms with Crippen LogP contribution in [0.15, 0.2) is 84.4 Å². The molecule has 0 radical (unpaired) electrons. The monoisotopic (exact) mass is 448 g/mol. The maximum absolute atomic E-state index is 12.2. The van der Waals surface area contributed by atoms with Crippen LogP contribution in [0.2, 0.25) is 5.02 Å². The number of halogens is 1. The normalized spacial score (nSPS) is 10.9. The summed E-state index contributed by atoms with van der Waals surface area (Å²) in [4.78, 5) is 25.4. The Balaban J connectivity index is 1.50. The minimum absolute atomic E-state index is 0.276. The van der Waals surface area contributed by atoms with Gasteiger partial charge in [0.25, 0.3) is 11.8 Å². The highest BCUT2D eigenvalue weighted by molar-refractivity contribution is 7.13. The quantitative estimate of drug-likeness (QED) is 0.342. The molecule has 0 atom stereocenters. The topological polar surface area (TPSA) is 76.0 Å². The van der Waals surface area contributed by atoms with Crippen LogP contribution in [0.4, 0.5) is 0 Å². The lowest BCUT2D eigenvalue weighted by atomic mass is 10.2. The van der Waals surface area contributed by atoms with Crippen molar-refractivity contribution in [3.8, 4) is 16.3 Å². The number of aromatic nitrogens is 2. The smallest absolute Gasteiger partial charge is 0.268 e. The van der Waals surface area contributed by atoms with Gasteiger partial charge < -0.3 is 0 Å². The fraction of sp³-hybridized carbons (Fsp3) is 0. The van der Waals surface area contributed by atoms with E-state index in [1.54, 1.807) is 46.4 Å². The van der Waals surface area contributed by atoms with Crippen molar-refractivity contribution in [2.75, 3.05) is 0 Å². The van der Waals surface area contributed by atoms with Gasteiger partial charge in [-0.2, -0.15) is 5.10 Å². The van der Waals surface area contributed by atoms with Crippen LogP contribution >= 0.6 is 22.9 Å². The minimum atomic E-state index is -0.497. The molecular formula is C23H17ClN4O2S. The van der Waals surface area contributed by atoms with E-state index in [0.29, 0.717) is 5.02 Å². The predicted octanol–water partition coefficient (Wildman–Crippen LogP) is 4.73. The van der Waals surface area contributed by atoms with Gasteiger partial charge in [0, 0.05) is 17.8 Å². The Bertz CT molecular complexity index is 1230. The number of hydrazine groups is 1. The lowest BCUT2D eigenvalue weighted by Gasteiger charge is -2.06. The number of para-hydroxylation sites is 1. The first-order chi connectivity index (χ1) is 15.1. The first-order valence-electron chi connectivity index (χ1n) is 9.34. The highest BCUT2D eigenvalue weighted by Crippen LogP contribution is 2.28. The molecule has 0 aliphatic rings. The third-order valence-electron chi connectivity index (χ3n) is 4.35. The van der Waals surface area contributed by atoms with Gasteiger partial charge in [-0.05, 0) is 41.8 Å². The summed E-state index contributed by atoms with van der Waals surface area (Å²) in [6.07, 6.45) is 4.87. The summed E-state index contributed by atoms with van der Waals surface area (Å²) in [6.45, 7) is 0. The SMILES string of the molecule is O=C(/C=C/c1cn(-c2ccccc2)nc1-c1cccs1)NNC(=O)c1ccccc1Cl. The summed E-state index contributed by atoms with van der Waals surface area (Å²) >= 11 is 7.57. The van der Waals surface area contributed by atoms with Gasteiger partial charge in [-0.15, -0.1) is 11.3 Å². The molecule has 2 amide bonds. The number of nitrogens with zero attached hydrogens (tertiary/aromatic N) is 2. The van der Waals surface area contributed by atoms with E-state index in [2.05, 4.69) is 16.0 Å². The molecule has 2 aromatic heterocycles. The Kier molecular flexibility index (Phi) is 6.26. The molecular weight excluding hydrogens is 432 g/mol. The molecule has 2 N–H and O–H groups in total. The molecule has 4 aromatic rings. The van der Waals surface area contributed by atoms with Crippen LogP contribution in [-0.2, 0) is 4.79 Å². The van der Waals surface area contributed by atoms with Crippen LogP contribution in [0.25, 0.3) is 22.3 Å². The van der Waals surface area contributed by atoms with Crippen molar-refractivity contribution in [3.63, 3.8) is 0 Å². The minimum Gasteiger partial charge on any atom is -0.268 e. The molecule has 0 aliphatic carbocycles. The maximum atomic E-state index is 12.2. The van der Waals surface area contributed by atoms with Gasteiger partial charge in [-0.25, -0.2) is 4.68 Å². The van der Waals surface area contributed by atoms with Crippen LogP contribution in [0.5, 0.6) is 0 Å². The molecule has 31 heavy (non-hydrogen) atoms. The Morgan fingerprint density at radius 1 is 0.968 bits per heavy atom. The first-order valence-corrected chi connectivity index (χ1v) is 10.6. The van der Waals surface area contributed by atoms with Crippen molar-refractivity contribution in [2.24, 2.45) is 0 Å². The standard InChI is InChI=1S/C23H17ClN4O2S/c24-19-10-5-4-9-18(19)23(30)26-25-21(29)13-12-16-15-28(17-7-2-1-3-8-17)27-22(16)20-11-6-14-31-20/h1-15H,(H,25,29)(H,26,30)/b13-12+. The van der Waals surface area contributed by atoms with Crippen LogP contribution < -0.4 is 10.9 Å². The fourth-order valence-corrected chi connectivity index (χ4v) is 3.82. The number of amides is 2. The van der Waals surface area contributed by atoms with Gasteiger partial charge in [0.1, 0.15) is 5.69 Å². The summed E-state index contributed by atoms with van der Waals surface area (Å²) in [5, 5.41) is 6.96. The fourth-order valence-electron chi connectivity index (χ4n) is 2.87. The van der Waals surface area contributed by atoms with E-state index in [0.717, 1.165) is 21.8 Å². The van der Waals surface area contributed by atoms with Gasteiger partial charge in [0.05, 0.1) is 21.2 Å². The zero-order valence-corrected chi connectivity index (χ0v) is 17.7. The Labute approximate surface area is 187 Å². The van der Waals surface area contributed by atoms with E-state index in [9.17, 15) is 9.59 Å². The zero-order chi connectivity index (χ0) is 21.6. The summed E-state index contributed by atoms with van der Waals surface area (Å²) < 4.78 is 1.77. The molecule has 0 bridgehead atoms. The van der Waals surface area contributed by atoms with Gasteiger partial charge in [-0.1, -0.05) is 48.0 Å². The molecule has 0 saturated heterocycles. The second-order valence-electron chi connectivity index (χ2n) is 6.45. The summed E-state index contributed by atoms with van der Waals surface area (Å²) in [6, 6.07) is 20.2. The van der Waals surface area contributed by atoms with E-state index in [1.807, 2.05) is 54.0 Å². The molecule has 4 rings (SSSR count). The second kappa shape index (κ2) is 9.42. The molecule has 0 saturated carbocycles. The zero-order valence-electron chi connectivity index (χ0n) is 16.2. The van der Waals surface area contributed by atoms with Crippen molar-refractivity contribution in [1.82, 2.24) is 20.6 Å². The highest BCUT2D eigenvalue weighted by Gasteiger charge is 2.12. The van der Waals surface area contributed by atoms with Crippen molar-refractivity contribution in [2.45, 2.75) is 0 Å². The van der Waals surface area contributed by atoms with Crippen molar-refractivity contribution < 1.29 is 9.59 Å². The number of carbonyl (C=O) groups is 2. The van der Waals surface area contributed by atoms with Gasteiger partial charge in [0.15, 0.2) is 0 Å². The average Bonchev–Trinajstić information content (AvgIpc) is 3.47. The van der Waals surface area contributed by atoms with Crippen molar-refractivity contribution in [1.29, 1.82) is 0 Å². The molecule has 0 spiro atoms. The molecule has 154 valence electrons. The van der Waals surface area contributed by atoms with E-state index in [-0.39, 0.29) is 5.56 Å². The summed E-state index contributed by atoms with van der Waals surface area (Å²) in [5.74, 6) is -0.978. The van der Waals surface area contributed by atoms with E-state index in [1.165, 1.54) is 6.08 Å². The number of nitrogens with one attached hydrogen (secondary N) is 2. The summed E-state index contributed by atoms with van der Waals surface area (Å²) in [7, 11) is 0. The summed E-state index contributed by atoms with van der Waals surface area (Å²) in [5.41, 5.74) is 7.45. The molecule has 2 aromatic carbocycles. The first kappa shape index (κ1) is 20.6. The predicted molar refractivity (Wildman–Crippen MR) is 123 cm³/mol. The third kappa shape index (κ3) is 4.91. The second-order valence-corrected chi connectivity index (χ2v) is 7.80. The van der Waals surface area contributed by atoms with Crippen molar-refractivity contribution in [3.05, 3.63) is 101 Å². The van der Waals surface area contributed by atoms with Crippen LogP contribution in [0.3, 0.4) is 0 Å². The molecule has 6 nitrogen and oxygen atoms in total. The number of carbonyl (C=O) groups excluding carboxylic acids is 2. The van der Waals surface area contributed by atoms with Gasteiger partial charge >= 0.3 is 0 Å². The van der Waals surface area contributed by atoms with Gasteiger partial charge in [-0.3, -0.25) is 20.4 Å². The lowest BCUT2D eigenvalue weighted by Crippen LogP contribution is -2.40. The van der Waals surface area contributed by atoms with Crippen LogP contribution in [-0.4, -0.2) is 21.6 Å². The lowest BCUT2D eigenvalue weighted by molar-refractivity contribution is -0.117. The van der Waals surface area contributed by atoms with E-state index < -0.39 is 11.8 Å². The number of rotatable bonds is 5. The highest BCUT2D eigenvalue weighted by atomic mass is 35.5. The molecule has 0 fully saturated rings. The Morgan fingerprint density at radius 2 is 1.74 bits per heavy atom. The Morgan fingerprint density at radius 3 is 2.48 bits per heavy atom. The largest absolute Gasteiger partial charge is 0.271 e. The molecule has 0 aliphatic heterocycles. The van der Waals surface area contributed by atoms with Crippen molar-refractivity contribution >= 4 is 40.8 Å². The maximum Gasteiger partial charge on any atom is 0.271 e. The molecule has 2 heterocycles. The van der Waals surface area contributed by atoms with E-state index >= 15 is 0 Å². The number of thiophene rings is 1. The molecule has 8 heteroatoms. The number of benzene rings is 2. The average molecular weight is 449 g/mol. The third-order valence-corrected chi connectivity index (χ3v) is 5.56. The van der Waals surface area contributed by atoms with Crippen LogP contribution in [0.1, 0.15) is 15.9 Å². The molecule has 0 unspecified atom stereocenters. The van der Waals surface area contributed by atoms with Crippen LogP contribution in [0, 0.1) is 0 Å². The van der Waals surface area contributed by atoms with E-state index in [4.69, 9.17) is 11.6 Å². The Hall–Kier alpha value is -3.68. The number of hydrogen-bond acceptors (Lipinski definition) is 4. The van der Waals surface area contributed by atoms with Gasteiger partial charge in [0.2, 0.25) is 0 Å².